The first-order valence-electron chi connectivity index (χ1n) is 7.55. The van der Waals surface area contributed by atoms with Crippen molar-refractivity contribution in [3.63, 3.8) is 0 Å². The number of anilines is 1. The second kappa shape index (κ2) is 7.00. The highest BCUT2D eigenvalue weighted by Crippen LogP contribution is 2.15. The zero-order valence-electron chi connectivity index (χ0n) is 13.5. The molecule has 0 atom stereocenters. The van der Waals surface area contributed by atoms with Crippen molar-refractivity contribution < 1.29 is 19.1 Å². The summed E-state index contributed by atoms with van der Waals surface area (Å²) >= 11 is 0. The largest absolute Gasteiger partial charge is 0.481 e. The highest BCUT2D eigenvalue weighted by Gasteiger charge is 2.28. The van der Waals surface area contributed by atoms with E-state index in [0.29, 0.717) is 22.7 Å². The maximum Gasteiger partial charge on any atom is 0.324 e. The van der Waals surface area contributed by atoms with Crippen molar-refractivity contribution in [1.29, 1.82) is 0 Å². The third-order valence-corrected chi connectivity index (χ3v) is 3.67. The van der Waals surface area contributed by atoms with E-state index >= 15 is 0 Å². The van der Waals surface area contributed by atoms with Gasteiger partial charge in [-0.15, -0.1) is 0 Å². The van der Waals surface area contributed by atoms with Crippen LogP contribution in [0.2, 0.25) is 0 Å². The summed E-state index contributed by atoms with van der Waals surface area (Å²) in [4.78, 5) is 40.7. The van der Waals surface area contributed by atoms with Crippen LogP contribution >= 0.6 is 0 Å². The fourth-order valence-electron chi connectivity index (χ4n) is 2.39. The number of hydrogen-bond acceptors (Lipinski definition) is 5. The van der Waals surface area contributed by atoms with Gasteiger partial charge >= 0.3 is 6.03 Å². The molecule has 128 valence electrons. The van der Waals surface area contributed by atoms with Crippen LogP contribution in [0.4, 0.5) is 10.5 Å². The molecule has 0 bridgehead atoms. The summed E-state index contributed by atoms with van der Waals surface area (Å²) in [5.74, 6) is -0.149. The van der Waals surface area contributed by atoms with Crippen molar-refractivity contribution in [2.24, 2.45) is 0 Å². The van der Waals surface area contributed by atoms with Crippen molar-refractivity contribution in [2.75, 3.05) is 19.0 Å². The van der Waals surface area contributed by atoms with Crippen LogP contribution in [0.25, 0.3) is 0 Å². The molecule has 0 unspecified atom stereocenters. The highest BCUT2D eigenvalue weighted by molar-refractivity contribution is 6.04. The van der Waals surface area contributed by atoms with Crippen LogP contribution < -0.4 is 15.4 Å². The van der Waals surface area contributed by atoms with E-state index in [4.69, 9.17) is 4.74 Å². The van der Waals surface area contributed by atoms with Gasteiger partial charge in [0, 0.05) is 11.6 Å². The van der Waals surface area contributed by atoms with Crippen molar-refractivity contribution in [1.82, 2.24) is 15.2 Å². The molecule has 0 aliphatic carbocycles. The molecule has 2 N–H and O–H groups in total. The number of methoxy groups -OCH3 is 1. The molecule has 2 aromatic rings. The van der Waals surface area contributed by atoms with E-state index in [1.165, 1.54) is 13.3 Å². The predicted molar refractivity (Wildman–Crippen MR) is 89.1 cm³/mol. The molecule has 0 radical (unpaired) electrons. The van der Waals surface area contributed by atoms with Gasteiger partial charge in [-0.2, -0.15) is 0 Å². The number of benzene rings is 1. The van der Waals surface area contributed by atoms with Gasteiger partial charge in [-0.05, 0) is 23.8 Å². The standard InChI is InChI=1S/C17H16N4O4/c1-25-14-6-5-13(8-18-14)20-16(23)12-4-2-3-11(7-12)10-21-15(22)9-19-17(21)24/h2-8H,9-10H2,1H3,(H,19,24)(H,20,23). The Balaban J connectivity index is 1.70. The summed E-state index contributed by atoms with van der Waals surface area (Å²) in [6, 6.07) is 9.65. The summed E-state index contributed by atoms with van der Waals surface area (Å²) in [6.45, 7) is 0.124. The van der Waals surface area contributed by atoms with E-state index in [9.17, 15) is 14.4 Å². The van der Waals surface area contributed by atoms with Gasteiger partial charge in [-0.1, -0.05) is 12.1 Å². The maximum absolute atomic E-state index is 12.4. The molecule has 1 aliphatic rings. The molecule has 3 rings (SSSR count). The van der Waals surface area contributed by atoms with Crippen molar-refractivity contribution in [2.45, 2.75) is 6.54 Å². The van der Waals surface area contributed by atoms with Crippen LogP contribution in [-0.2, 0) is 11.3 Å². The monoisotopic (exact) mass is 340 g/mol. The van der Waals surface area contributed by atoms with E-state index < -0.39 is 6.03 Å². The van der Waals surface area contributed by atoms with Gasteiger partial charge in [0.05, 0.1) is 32.1 Å². The Hall–Kier alpha value is -3.42. The average Bonchev–Trinajstić information content (AvgIpc) is 2.94. The molecular weight excluding hydrogens is 324 g/mol. The number of aromatic nitrogens is 1. The topological polar surface area (TPSA) is 101 Å². The number of carbonyl (C=O) groups excluding carboxylic acids is 3. The Morgan fingerprint density at radius 3 is 2.80 bits per heavy atom. The normalized spacial score (nSPS) is 13.6. The fraction of sp³-hybridized carbons (Fsp3) is 0.176. The molecule has 0 spiro atoms. The number of hydrogen-bond donors (Lipinski definition) is 2. The smallest absolute Gasteiger partial charge is 0.324 e. The number of amides is 4. The van der Waals surface area contributed by atoms with Crippen LogP contribution in [0, 0.1) is 0 Å². The molecule has 0 saturated carbocycles. The van der Waals surface area contributed by atoms with Gasteiger partial charge < -0.3 is 15.4 Å². The first-order chi connectivity index (χ1) is 12.1. The SMILES string of the molecule is COc1ccc(NC(=O)c2cccc(CN3C(=O)CNC3=O)c2)cn1. The Bertz CT molecular complexity index is 804. The molecule has 8 heteroatoms. The third-order valence-electron chi connectivity index (χ3n) is 3.67. The van der Waals surface area contributed by atoms with Gasteiger partial charge in [0.1, 0.15) is 0 Å². The van der Waals surface area contributed by atoms with E-state index in [0.717, 1.165) is 4.90 Å². The fourth-order valence-corrected chi connectivity index (χ4v) is 2.39. The third kappa shape index (κ3) is 3.74. The van der Waals surface area contributed by atoms with E-state index in [1.54, 1.807) is 36.4 Å². The number of carbonyl (C=O) groups is 3. The van der Waals surface area contributed by atoms with Gasteiger partial charge in [0.15, 0.2) is 0 Å². The van der Waals surface area contributed by atoms with Gasteiger partial charge in [-0.3, -0.25) is 14.5 Å². The lowest BCUT2D eigenvalue weighted by Gasteiger charge is -2.13. The van der Waals surface area contributed by atoms with E-state index in [-0.39, 0.29) is 24.9 Å². The van der Waals surface area contributed by atoms with Crippen LogP contribution in [0.1, 0.15) is 15.9 Å². The van der Waals surface area contributed by atoms with E-state index in [2.05, 4.69) is 15.6 Å². The van der Waals surface area contributed by atoms with Crippen LogP contribution in [0.5, 0.6) is 5.88 Å². The average molecular weight is 340 g/mol. The Morgan fingerprint density at radius 2 is 2.16 bits per heavy atom. The number of ether oxygens (including phenoxy) is 1. The number of pyridine rings is 1. The Morgan fingerprint density at radius 1 is 1.32 bits per heavy atom. The Kier molecular flexibility index (Phi) is 4.60. The number of rotatable bonds is 5. The minimum atomic E-state index is -0.427. The van der Waals surface area contributed by atoms with Crippen LogP contribution in [0.3, 0.4) is 0 Å². The molecule has 1 fully saturated rings. The molecule has 4 amide bonds. The molecule has 1 saturated heterocycles. The summed E-state index contributed by atoms with van der Waals surface area (Å²) in [7, 11) is 1.51. The van der Waals surface area contributed by atoms with Crippen LogP contribution in [-0.4, -0.2) is 41.4 Å². The lowest BCUT2D eigenvalue weighted by molar-refractivity contribution is -0.125. The summed E-state index contributed by atoms with van der Waals surface area (Å²) < 4.78 is 4.97. The predicted octanol–water partition coefficient (Wildman–Crippen LogP) is 1.39. The molecule has 2 heterocycles. The summed E-state index contributed by atoms with van der Waals surface area (Å²) in [5, 5.41) is 5.19. The van der Waals surface area contributed by atoms with Crippen molar-refractivity contribution in [3.05, 3.63) is 53.7 Å². The maximum atomic E-state index is 12.4. The van der Waals surface area contributed by atoms with Gasteiger partial charge in [0.2, 0.25) is 11.8 Å². The van der Waals surface area contributed by atoms with Crippen molar-refractivity contribution in [3.8, 4) is 5.88 Å². The summed E-state index contributed by atoms with van der Waals surface area (Å²) in [6.07, 6.45) is 1.49. The first kappa shape index (κ1) is 16.4. The number of nitrogens with zero attached hydrogens (tertiary/aromatic N) is 2. The number of urea groups is 1. The molecular formula is C17H16N4O4. The Labute approximate surface area is 143 Å². The van der Waals surface area contributed by atoms with Crippen molar-refractivity contribution >= 4 is 23.5 Å². The first-order valence-corrected chi connectivity index (χ1v) is 7.55. The molecule has 25 heavy (non-hydrogen) atoms. The number of imide groups is 1. The molecule has 1 aromatic heterocycles. The quantitative estimate of drug-likeness (QED) is 0.801. The lowest BCUT2D eigenvalue weighted by Crippen LogP contribution is -2.30. The van der Waals surface area contributed by atoms with Gasteiger partial charge in [-0.25, -0.2) is 9.78 Å². The second-order valence-electron chi connectivity index (χ2n) is 5.38. The highest BCUT2D eigenvalue weighted by atomic mass is 16.5. The summed E-state index contributed by atoms with van der Waals surface area (Å²) in [5.41, 5.74) is 1.64. The van der Waals surface area contributed by atoms with Gasteiger partial charge in [0.25, 0.3) is 5.91 Å². The second-order valence-corrected chi connectivity index (χ2v) is 5.38. The minimum absolute atomic E-state index is 0.00345. The zero-order valence-corrected chi connectivity index (χ0v) is 13.5. The minimum Gasteiger partial charge on any atom is -0.481 e. The zero-order chi connectivity index (χ0) is 17.8. The molecule has 8 nitrogen and oxygen atoms in total. The van der Waals surface area contributed by atoms with E-state index in [1.807, 2.05) is 0 Å². The molecule has 1 aliphatic heterocycles. The van der Waals surface area contributed by atoms with Crippen LogP contribution in [0.15, 0.2) is 42.6 Å². The number of nitrogens with one attached hydrogen (secondary N) is 2. The lowest BCUT2D eigenvalue weighted by atomic mass is 10.1. The molecule has 1 aromatic carbocycles.